The zero-order valence-corrected chi connectivity index (χ0v) is 12.4. The minimum Gasteiger partial charge on any atom is -0.395 e. The highest BCUT2D eigenvalue weighted by Crippen LogP contribution is 2.15. The minimum absolute atomic E-state index is 0.0340. The maximum atomic E-state index is 12.1. The van der Waals surface area contributed by atoms with Crippen molar-refractivity contribution in [2.75, 3.05) is 13.2 Å². The van der Waals surface area contributed by atoms with Crippen molar-refractivity contribution in [2.45, 2.75) is 12.8 Å². The van der Waals surface area contributed by atoms with Crippen molar-refractivity contribution in [2.24, 2.45) is 0 Å². The van der Waals surface area contributed by atoms with Crippen LogP contribution in [0.1, 0.15) is 27.3 Å². The number of aliphatic hydroxyl groups is 1. The predicted octanol–water partition coefficient (Wildman–Crippen LogP) is 1.91. The Morgan fingerprint density at radius 3 is 3.15 bits per heavy atom. The van der Waals surface area contributed by atoms with Crippen LogP contribution >= 0.6 is 22.7 Å². The zero-order chi connectivity index (χ0) is 14.2. The Labute approximate surface area is 125 Å². The lowest BCUT2D eigenvalue weighted by Gasteiger charge is -2.02. The van der Waals surface area contributed by atoms with Gasteiger partial charge < -0.3 is 10.4 Å². The lowest BCUT2D eigenvalue weighted by Crippen LogP contribution is -2.25. The van der Waals surface area contributed by atoms with E-state index in [2.05, 4.69) is 22.1 Å². The molecule has 0 spiro atoms. The number of carbonyl (C=O) groups excluding carboxylic acids is 1. The Kier molecular flexibility index (Phi) is 5.74. The smallest absolute Gasteiger partial charge is 0.262 e. The van der Waals surface area contributed by atoms with Crippen LogP contribution in [0, 0.1) is 11.8 Å². The van der Waals surface area contributed by atoms with Gasteiger partial charge in [-0.2, -0.15) is 0 Å². The van der Waals surface area contributed by atoms with E-state index >= 15 is 0 Å². The van der Waals surface area contributed by atoms with Gasteiger partial charge in [0, 0.05) is 30.3 Å². The molecule has 20 heavy (non-hydrogen) atoms. The standard InChI is InChI=1S/C14H14N2O2S2/c17-7-2-1-3-11-5-8-20-13(11)14(18)15-6-4-12-9-19-10-16-12/h5,8-10,17H,2,4,6-7H2,(H,15,18). The molecule has 0 saturated heterocycles. The first-order chi connectivity index (χ1) is 9.81. The summed E-state index contributed by atoms with van der Waals surface area (Å²) in [5.74, 6) is 5.63. The average Bonchev–Trinajstić information content (AvgIpc) is 3.10. The second kappa shape index (κ2) is 7.80. The van der Waals surface area contributed by atoms with E-state index < -0.39 is 0 Å². The molecule has 2 rings (SSSR count). The molecular weight excluding hydrogens is 292 g/mol. The van der Waals surface area contributed by atoms with E-state index in [4.69, 9.17) is 5.11 Å². The molecule has 0 bridgehead atoms. The molecule has 104 valence electrons. The summed E-state index contributed by atoms with van der Waals surface area (Å²) in [7, 11) is 0. The number of carbonyl (C=O) groups is 1. The molecule has 0 atom stereocenters. The number of thiophene rings is 1. The molecule has 1 amide bonds. The van der Waals surface area contributed by atoms with E-state index in [-0.39, 0.29) is 12.5 Å². The molecule has 2 N–H and O–H groups in total. The van der Waals surface area contributed by atoms with Crippen LogP contribution in [0.25, 0.3) is 0 Å². The van der Waals surface area contributed by atoms with Crippen molar-refractivity contribution in [1.82, 2.24) is 10.3 Å². The number of hydrogen-bond acceptors (Lipinski definition) is 5. The minimum atomic E-state index is -0.108. The highest BCUT2D eigenvalue weighted by molar-refractivity contribution is 7.12. The summed E-state index contributed by atoms with van der Waals surface area (Å²) in [6.45, 7) is 0.594. The molecule has 6 heteroatoms. The quantitative estimate of drug-likeness (QED) is 0.830. The molecule has 0 aliphatic heterocycles. The lowest BCUT2D eigenvalue weighted by atomic mass is 10.2. The lowest BCUT2D eigenvalue weighted by molar-refractivity contribution is 0.0958. The molecule has 0 aliphatic carbocycles. The Hall–Kier alpha value is -1.68. The third kappa shape index (κ3) is 4.17. The second-order valence-corrected chi connectivity index (χ2v) is 5.56. The molecule has 2 aromatic rings. The average molecular weight is 306 g/mol. The summed E-state index contributed by atoms with van der Waals surface area (Å²) in [4.78, 5) is 16.8. The molecule has 0 aliphatic rings. The van der Waals surface area contributed by atoms with Gasteiger partial charge in [0.15, 0.2) is 0 Å². The highest BCUT2D eigenvalue weighted by atomic mass is 32.1. The fraction of sp³-hybridized carbons (Fsp3) is 0.286. The molecule has 0 unspecified atom stereocenters. The van der Waals surface area contributed by atoms with Crippen LogP contribution in [0.3, 0.4) is 0 Å². The number of aromatic nitrogens is 1. The first-order valence-electron chi connectivity index (χ1n) is 6.13. The maximum absolute atomic E-state index is 12.1. The molecule has 0 radical (unpaired) electrons. The van der Waals surface area contributed by atoms with Gasteiger partial charge in [-0.1, -0.05) is 11.8 Å². The van der Waals surface area contributed by atoms with Crippen LogP contribution in [-0.2, 0) is 6.42 Å². The van der Waals surface area contributed by atoms with Crippen molar-refractivity contribution in [3.8, 4) is 11.8 Å². The summed E-state index contributed by atoms with van der Waals surface area (Å²) < 4.78 is 0. The van der Waals surface area contributed by atoms with E-state index in [1.807, 2.05) is 16.8 Å². The number of thiazole rings is 1. The molecule has 2 aromatic heterocycles. The molecule has 4 nitrogen and oxygen atoms in total. The van der Waals surface area contributed by atoms with Crippen LogP contribution in [0.2, 0.25) is 0 Å². The van der Waals surface area contributed by atoms with E-state index in [9.17, 15) is 4.79 Å². The monoisotopic (exact) mass is 306 g/mol. The number of nitrogens with one attached hydrogen (secondary N) is 1. The Morgan fingerprint density at radius 2 is 2.40 bits per heavy atom. The van der Waals surface area contributed by atoms with Crippen LogP contribution in [0.5, 0.6) is 0 Å². The van der Waals surface area contributed by atoms with Crippen molar-refractivity contribution in [3.05, 3.63) is 38.5 Å². The van der Waals surface area contributed by atoms with E-state index in [1.54, 1.807) is 16.8 Å². The Bertz CT molecular complexity index is 609. The van der Waals surface area contributed by atoms with Crippen molar-refractivity contribution in [1.29, 1.82) is 0 Å². The fourth-order valence-corrected chi connectivity index (χ4v) is 2.90. The SMILES string of the molecule is O=C(NCCc1cscn1)c1sccc1C#CCCO. The molecule has 0 saturated carbocycles. The second-order valence-electron chi connectivity index (χ2n) is 3.92. The van der Waals surface area contributed by atoms with Gasteiger partial charge in [0.25, 0.3) is 5.91 Å². The molecule has 2 heterocycles. The van der Waals surface area contributed by atoms with Gasteiger partial charge in [0.1, 0.15) is 4.88 Å². The van der Waals surface area contributed by atoms with Gasteiger partial charge in [-0.3, -0.25) is 4.79 Å². The van der Waals surface area contributed by atoms with Crippen LogP contribution in [-0.4, -0.2) is 29.1 Å². The first kappa shape index (κ1) is 14.7. The van der Waals surface area contributed by atoms with Crippen molar-refractivity contribution >= 4 is 28.6 Å². The summed E-state index contributed by atoms with van der Waals surface area (Å²) in [5.41, 5.74) is 3.49. The van der Waals surface area contributed by atoms with E-state index in [0.717, 1.165) is 17.7 Å². The third-order valence-electron chi connectivity index (χ3n) is 2.48. The normalized spacial score (nSPS) is 9.85. The van der Waals surface area contributed by atoms with Gasteiger partial charge in [0.2, 0.25) is 0 Å². The summed E-state index contributed by atoms with van der Waals surface area (Å²) in [6.07, 6.45) is 1.15. The van der Waals surface area contributed by atoms with Crippen molar-refractivity contribution in [3.63, 3.8) is 0 Å². The fourth-order valence-electron chi connectivity index (χ4n) is 1.54. The molecule has 0 fully saturated rings. The number of amides is 1. The number of hydrogen-bond donors (Lipinski definition) is 2. The number of nitrogens with zero attached hydrogens (tertiary/aromatic N) is 1. The Balaban J connectivity index is 1.89. The zero-order valence-electron chi connectivity index (χ0n) is 10.8. The summed E-state index contributed by atoms with van der Waals surface area (Å²) >= 11 is 2.92. The van der Waals surface area contributed by atoms with Crippen molar-refractivity contribution < 1.29 is 9.90 Å². The number of rotatable bonds is 5. The van der Waals surface area contributed by atoms with Gasteiger partial charge in [-0.25, -0.2) is 4.98 Å². The molecule has 0 aromatic carbocycles. The van der Waals surface area contributed by atoms with Crippen LogP contribution in [0.4, 0.5) is 0 Å². The summed E-state index contributed by atoms with van der Waals surface area (Å²) in [6, 6.07) is 1.82. The largest absolute Gasteiger partial charge is 0.395 e. The summed E-state index contributed by atoms with van der Waals surface area (Å²) in [5, 5.41) is 15.4. The molecular formula is C14H14N2O2S2. The van der Waals surface area contributed by atoms with Gasteiger partial charge in [-0.15, -0.1) is 22.7 Å². The van der Waals surface area contributed by atoms with E-state index in [0.29, 0.717) is 17.8 Å². The number of aliphatic hydroxyl groups excluding tert-OH is 1. The van der Waals surface area contributed by atoms with Gasteiger partial charge in [-0.05, 0) is 11.4 Å². The maximum Gasteiger partial charge on any atom is 0.262 e. The van der Waals surface area contributed by atoms with Gasteiger partial charge in [0.05, 0.1) is 17.8 Å². The Morgan fingerprint density at radius 1 is 1.50 bits per heavy atom. The van der Waals surface area contributed by atoms with Crippen LogP contribution in [0.15, 0.2) is 22.3 Å². The topological polar surface area (TPSA) is 62.2 Å². The van der Waals surface area contributed by atoms with E-state index in [1.165, 1.54) is 11.3 Å². The predicted molar refractivity (Wildman–Crippen MR) is 81.1 cm³/mol. The third-order valence-corrected chi connectivity index (χ3v) is 4.03. The van der Waals surface area contributed by atoms with Gasteiger partial charge >= 0.3 is 0 Å². The first-order valence-corrected chi connectivity index (χ1v) is 7.96. The highest BCUT2D eigenvalue weighted by Gasteiger charge is 2.11. The van der Waals surface area contributed by atoms with Crippen LogP contribution < -0.4 is 5.32 Å².